The van der Waals surface area contributed by atoms with Crippen LogP contribution in [-0.2, 0) is 22.6 Å². The van der Waals surface area contributed by atoms with Crippen LogP contribution in [-0.4, -0.2) is 29.3 Å². The lowest BCUT2D eigenvalue weighted by Crippen LogP contribution is -2.49. The van der Waals surface area contributed by atoms with E-state index >= 15 is 0 Å². The van der Waals surface area contributed by atoms with Gasteiger partial charge in [-0.2, -0.15) is 0 Å². The average molecular weight is 395 g/mol. The maximum atomic E-state index is 13.4. The molecule has 2 rings (SSSR count). The van der Waals surface area contributed by atoms with E-state index in [9.17, 15) is 9.59 Å². The topological polar surface area (TPSA) is 49.4 Å². The first-order valence-corrected chi connectivity index (χ1v) is 10.5. The highest BCUT2D eigenvalue weighted by atomic mass is 16.2. The summed E-state index contributed by atoms with van der Waals surface area (Å²) in [6, 6.07) is 13.8. The molecule has 0 heterocycles. The van der Waals surface area contributed by atoms with E-state index in [1.807, 2.05) is 65.0 Å². The Bertz CT molecular complexity index is 827. The minimum absolute atomic E-state index is 0.0160. The minimum atomic E-state index is -0.472. The van der Waals surface area contributed by atoms with Crippen LogP contribution in [0.2, 0.25) is 0 Å². The largest absolute Gasteiger partial charge is 0.354 e. The first kappa shape index (κ1) is 22.7. The predicted molar refractivity (Wildman–Crippen MR) is 119 cm³/mol. The molecule has 0 fully saturated rings. The molecule has 1 N–H and O–H groups in total. The Balaban J connectivity index is 2.30. The zero-order valence-corrected chi connectivity index (χ0v) is 18.4. The van der Waals surface area contributed by atoms with Crippen LogP contribution in [0.15, 0.2) is 42.5 Å². The lowest BCUT2D eigenvalue weighted by molar-refractivity contribution is -0.140. The third-order valence-electron chi connectivity index (χ3n) is 5.25. The van der Waals surface area contributed by atoms with Crippen LogP contribution in [0.5, 0.6) is 0 Å². The second kappa shape index (κ2) is 10.8. The summed E-state index contributed by atoms with van der Waals surface area (Å²) in [5, 5.41) is 2.97. The summed E-state index contributed by atoms with van der Waals surface area (Å²) in [5.74, 6) is -0.0893. The van der Waals surface area contributed by atoms with Crippen molar-refractivity contribution in [2.45, 2.75) is 66.5 Å². The molecule has 0 bridgehead atoms. The van der Waals surface area contributed by atoms with Crippen LogP contribution >= 0.6 is 0 Å². The van der Waals surface area contributed by atoms with Gasteiger partial charge in [0.1, 0.15) is 6.04 Å². The number of aryl methyl sites for hydroxylation is 3. The molecule has 0 aliphatic heterocycles. The molecule has 4 nitrogen and oxygen atoms in total. The van der Waals surface area contributed by atoms with Crippen molar-refractivity contribution in [3.8, 4) is 0 Å². The molecule has 4 heteroatoms. The summed E-state index contributed by atoms with van der Waals surface area (Å²) in [5.41, 5.74) is 5.47. The van der Waals surface area contributed by atoms with E-state index in [1.54, 1.807) is 4.90 Å². The molecule has 2 aromatic rings. The third-order valence-corrected chi connectivity index (χ3v) is 5.25. The molecule has 2 amide bonds. The number of carbonyl (C=O) groups is 2. The van der Waals surface area contributed by atoms with Crippen LogP contribution in [0.25, 0.3) is 0 Å². The van der Waals surface area contributed by atoms with Gasteiger partial charge in [-0.05, 0) is 50.3 Å². The second-order valence-electron chi connectivity index (χ2n) is 7.83. The van der Waals surface area contributed by atoms with Crippen LogP contribution in [0.1, 0.15) is 54.5 Å². The molecule has 29 heavy (non-hydrogen) atoms. The molecule has 0 radical (unpaired) electrons. The van der Waals surface area contributed by atoms with Gasteiger partial charge in [0, 0.05) is 13.1 Å². The number of nitrogens with one attached hydrogen (secondary N) is 1. The van der Waals surface area contributed by atoms with E-state index in [0.29, 0.717) is 25.9 Å². The Morgan fingerprint density at radius 3 is 2.24 bits per heavy atom. The fourth-order valence-corrected chi connectivity index (χ4v) is 3.43. The molecule has 0 aromatic heterocycles. The highest BCUT2D eigenvalue weighted by molar-refractivity contribution is 5.88. The van der Waals surface area contributed by atoms with Gasteiger partial charge < -0.3 is 10.2 Å². The van der Waals surface area contributed by atoms with Gasteiger partial charge in [-0.3, -0.25) is 9.59 Å². The van der Waals surface area contributed by atoms with Gasteiger partial charge in [0.05, 0.1) is 6.42 Å². The Labute approximate surface area is 175 Å². The Morgan fingerprint density at radius 2 is 1.62 bits per heavy atom. The van der Waals surface area contributed by atoms with Crippen LogP contribution in [0, 0.1) is 20.8 Å². The highest BCUT2D eigenvalue weighted by Gasteiger charge is 2.28. The number of hydrogen-bond donors (Lipinski definition) is 1. The number of hydrogen-bond acceptors (Lipinski definition) is 2. The normalized spacial score (nSPS) is 11.8. The van der Waals surface area contributed by atoms with Crippen molar-refractivity contribution in [2.75, 3.05) is 6.54 Å². The average Bonchev–Trinajstić information content (AvgIpc) is 2.70. The van der Waals surface area contributed by atoms with E-state index in [2.05, 4.69) is 17.4 Å². The minimum Gasteiger partial charge on any atom is -0.354 e. The molecular formula is C25H34N2O2. The van der Waals surface area contributed by atoms with Crippen LogP contribution in [0.3, 0.4) is 0 Å². The van der Waals surface area contributed by atoms with E-state index in [4.69, 9.17) is 0 Å². The quantitative estimate of drug-likeness (QED) is 0.681. The molecule has 2 aromatic carbocycles. The lowest BCUT2D eigenvalue weighted by atomic mass is 10.0. The molecule has 0 aliphatic carbocycles. The molecule has 0 spiro atoms. The summed E-state index contributed by atoms with van der Waals surface area (Å²) in [6.45, 7) is 11.1. The van der Waals surface area contributed by atoms with Crippen molar-refractivity contribution < 1.29 is 9.59 Å². The van der Waals surface area contributed by atoms with Crippen molar-refractivity contribution in [3.63, 3.8) is 0 Å². The van der Waals surface area contributed by atoms with Crippen molar-refractivity contribution in [1.29, 1.82) is 0 Å². The predicted octanol–water partition coefficient (Wildman–Crippen LogP) is 4.49. The molecule has 0 saturated heterocycles. The SMILES string of the molecule is CCCNC(=O)[C@H](CC)N(Cc1ccc(C)cc1)C(=O)Cc1cc(C)ccc1C. The first-order valence-electron chi connectivity index (χ1n) is 10.5. The van der Waals surface area contributed by atoms with Crippen molar-refractivity contribution in [1.82, 2.24) is 10.2 Å². The van der Waals surface area contributed by atoms with Gasteiger partial charge in [0.25, 0.3) is 0 Å². The summed E-state index contributed by atoms with van der Waals surface area (Å²) in [4.78, 5) is 27.9. The molecular weight excluding hydrogens is 360 g/mol. The van der Waals surface area contributed by atoms with Gasteiger partial charge in [0.2, 0.25) is 11.8 Å². The Kier molecular flexibility index (Phi) is 8.44. The lowest BCUT2D eigenvalue weighted by Gasteiger charge is -2.31. The Hall–Kier alpha value is -2.62. The van der Waals surface area contributed by atoms with Crippen molar-refractivity contribution >= 4 is 11.8 Å². The number of carbonyl (C=O) groups excluding carboxylic acids is 2. The summed E-state index contributed by atoms with van der Waals surface area (Å²) < 4.78 is 0. The zero-order chi connectivity index (χ0) is 21.4. The maximum absolute atomic E-state index is 13.4. The number of benzene rings is 2. The van der Waals surface area contributed by atoms with E-state index in [1.165, 1.54) is 5.56 Å². The summed E-state index contributed by atoms with van der Waals surface area (Å²) in [6.07, 6.45) is 1.76. The van der Waals surface area contributed by atoms with Crippen LogP contribution in [0.4, 0.5) is 0 Å². The van der Waals surface area contributed by atoms with E-state index in [0.717, 1.165) is 28.7 Å². The van der Waals surface area contributed by atoms with E-state index in [-0.39, 0.29) is 11.8 Å². The molecule has 156 valence electrons. The smallest absolute Gasteiger partial charge is 0.242 e. The fraction of sp³-hybridized carbons (Fsp3) is 0.440. The first-order chi connectivity index (χ1) is 13.8. The molecule has 0 saturated carbocycles. The van der Waals surface area contributed by atoms with Gasteiger partial charge in [-0.15, -0.1) is 0 Å². The molecule has 1 atom stereocenters. The summed E-state index contributed by atoms with van der Waals surface area (Å²) in [7, 11) is 0. The fourth-order valence-electron chi connectivity index (χ4n) is 3.43. The van der Waals surface area contributed by atoms with Crippen molar-refractivity contribution in [2.24, 2.45) is 0 Å². The maximum Gasteiger partial charge on any atom is 0.242 e. The van der Waals surface area contributed by atoms with Gasteiger partial charge >= 0.3 is 0 Å². The van der Waals surface area contributed by atoms with Crippen LogP contribution < -0.4 is 5.32 Å². The highest BCUT2D eigenvalue weighted by Crippen LogP contribution is 2.17. The Morgan fingerprint density at radius 1 is 0.966 bits per heavy atom. The molecule has 0 unspecified atom stereocenters. The van der Waals surface area contributed by atoms with Gasteiger partial charge in [0.15, 0.2) is 0 Å². The van der Waals surface area contributed by atoms with Gasteiger partial charge in [-0.25, -0.2) is 0 Å². The van der Waals surface area contributed by atoms with E-state index < -0.39 is 6.04 Å². The van der Waals surface area contributed by atoms with Crippen molar-refractivity contribution in [3.05, 3.63) is 70.3 Å². The monoisotopic (exact) mass is 394 g/mol. The number of amides is 2. The number of rotatable bonds is 9. The second-order valence-corrected chi connectivity index (χ2v) is 7.83. The standard InChI is InChI=1S/C25H34N2O2/c1-6-14-26-25(29)23(7-2)27(17-21-12-9-18(3)10-13-21)24(28)16-22-15-19(4)8-11-20(22)5/h8-13,15,23H,6-7,14,16-17H2,1-5H3,(H,26,29)/t23-/m0/s1. The zero-order valence-electron chi connectivity index (χ0n) is 18.4. The summed E-state index contributed by atoms with van der Waals surface area (Å²) >= 11 is 0. The third kappa shape index (κ3) is 6.45. The van der Waals surface area contributed by atoms with Gasteiger partial charge in [-0.1, -0.05) is 67.4 Å². The molecule has 0 aliphatic rings. The number of nitrogens with zero attached hydrogens (tertiary/aromatic N) is 1.